The van der Waals surface area contributed by atoms with Crippen molar-refractivity contribution in [3.05, 3.63) is 95.1 Å². The van der Waals surface area contributed by atoms with E-state index in [1.807, 2.05) is 48.5 Å². The van der Waals surface area contributed by atoms with Crippen LogP contribution in [0.5, 0.6) is 0 Å². The number of aliphatic imine (C=N–C) groups is 2. The predicted octanol–water partition coefficient (Wildman–Crippen LogP) is 3.73. The van der Waals surface area contributed by atoms with Crippen molar-refractivity contribution in [3.8, 4) is 0 Å². The van der Waals surface area contributed by atoms with E-state index in [0.29, 0.717) is 22.5 Å². The Morgan fingerprint density at radius 3 is 1.25 bits per heavy atom. The highest BCUT2D eigenvalue weighted by Gasteiger charge is 2.12. The van der Waals surface area contributed by atoms with Gasteiger partial charge in [0.05, 0.1) is 13.1 Å². The second-order valence-electron chi connectivity index (χ2n) is 7.95. The first-order valence-electron chi connectivity index (χ1n) is 11.2. The van der Waals surface area contributed by atoms with Crippen molar-refractivity contribution in [1.29, 1.82) is 0 Å². The number of nitrogens with one attached hydrogen (secondary N) is 4. The van der Waals surface area contributed by atoms with E-state index in [1.54, 1.807) is 24.3 Å². The zero-order valence-electron chi connectivity index (χ0n) is 19.3. The molecule has 0 aliphatic carbocycles. The molecule has 10 heteroatoms. The molecule has 0 bridgehead atoms. The van der Waals surface area contributed by atoms with Crippen molar-refractivity contribution < 1.29 is 9.59 Å². The molecular weight excluding hydrogens is 499 g/mol. The monoisotopic (exact) mass is 524 g/mol. The van der Waals surface area contributed by atoms with Gasteiger partial charge in [-0.2, -0.15) is 0 Å². The molecule has 0 spiro atoms. The molecular formula is C26H26Cl2N6O2. The zero-order chi connectivity index (χ0) is 23.3. The smallest absolute Gasteiger partial charge is 0.255 e. The lowest BCUT2D eigenvalue weighted by atomic mass is 10.1. The van der Waals surface area contributed by atoms with E-state index in [4.69, 9.17) is 0 Å². The highest BCUT2D eigenvalue weighted by Crippen LogP contribution is 2.15. The number of halogens is 2. The van der Waals surface area contributed by atoms with Crippen LogP contribution in [0, 0.1) is 0 Å². The van der Waals surface area contributed by atoms with Gasteiger partial charge in [-0.1, -0.05) is 0 Å². The van der Waals surface area contributed by atoms with E-state index in [-0.39, 0.29) is 36.6 Å². The number of rotatable bonds is 6. The first-order valence-corrected chi connectivity index (χ1v) is 11.2. The fourth-order valence-electron chi connectivity index (χ4n) is 3.78. The number of hydrogen-bond acceptors (Lipinski definition) is 6. The maximum absolute atomic E-state index is 12.6. The molecule has 3 aromatic carbocycles. The molecule has 3 aromatic rings. The maximum Gasteiger partial charge on any atom is 0.255 e. The summed E-state index contributed by atoms with van der Waals surface area (Å²) in [7, 11) is 0. The van der Waals surface area contributed by atoms with Crippen LogP contribution in [0.4, 0.5) is 11.4 Å². The molecule has 2 aliphatic rings. The van der Waals surface area contributed by atoms with E-state index in [1.165, 1.54) is 0 Å². The summed E-state index contributed by atoms with van der Waals surface area (Å²) in [6, 6.07) is 21.6. The lowest BCUT2D eigenvalue weighted by Crippen LogP contribution is -2.19. The van der Waals surface area contributed by atoms with E-state index < -0.39 is 0 Å². The van der Waals surface area contributed by atoms with Crippen molar-refractivity contribution in [3.63, 3.8) is 0 Å². The summed E-state index contributed by atoms with van der Waals surface area (Å²) in [6.07, 6.45) is 0. The molecule has 0 fully saturated rings. The summed E-state index contributed by atoms with van der Waals surface area (Å²) < 4.78 is 0. The second kappa shape index (κ2) is 12.2. The maximum atomic E-state index is 12.6. The summed E-state index contributed by atoms with van der Waals surface area (Å²) in [5, 5.41) is 12.2. The number of carbonyl (C=O) groups excluding carboxylic acids is 2. The molecule has 0 atom stereocenters. The first kappa shape index (κ1) is 26.7. The first-order chi connectivity index (χ1) is 16.7. The molecule has 0 aromatic heterocycles. The largest absolute Gasteiger partial charge is 0.368 e. The standard InChI is InChI=1S/C26H24N6O2.2ClH/c33-25(31-21-9-5-17(6-10-21)23-27-13-14-28-23)19-1-2-20(4-3-19)26(34)32-22-11-7-18(8-12-22)24-29-15-16-30-24;;/h1-12H,13-16H2,(H,27,28)(H,29,30)(H,31,33)(H,32,34);2*1H. The quantitative estimate of drug-likeness (QED) is 0.394. The van der Waals surface area contributed by atoms with Crippen LogP contribution in [0.15, 0.2) is 82.8 Å². The van der Waals surface area contributed by atoms with Gasteiger partial charge in [0, 0.05) is 46.7 Å². The van der Waals surface area contributed by atoms with Gasteiger partial charge in [-0.15, -0.1) is 24.8 Å². The van der Waals surface area contributed by atoms with Gasteiger partial charge in [-0.3, -0.25) is 19.6 Å². The zero-order valence-corrected chi connectivity index (χ0v) is 20.9. The Labute approximate surface area is 221 Å². The molecule has 2 amide bonds. The number of amidine groups is 2. The molecule has 186 valence electrons. The van der Waals surface area contributed by atoms with Crippen LogP contribution < -0.4 is 21.3 Å². The van der Waals surface area contributed by atoms with Crippen LogP contribution in [0.3, 0.4) is 0 Å². The van der Waals surface area contributed by atoms with Crippen LogP contribution in [-0.2, 0) is 0 Å². The predicted molar refractivity (Wildman–Crippen MR) is 149 cm³/mol. The lowest BCUT2D eigenvalue weighted by Gasteiger charge is -2.09. The molecule has 8 nitrogen and oxygen atoms in total. The third-order valence-electron chi connectivity index (χ3n) is 5.59. The van der Waals surface area contributed by atoms with E-state index in [2.05, 4.69) is 31.3 Å². The minimum Gasteiger partial charge on any atom is -0.368 e. The molecule has 2 heterocycles. The topological polar surface area (TPSA) is 107 Å². The van der Waals surface area contributed by atoms with E-state index in [0.717, 1.165) is 49.0 Å². The number of anilines is 2. The van der Waals surface area contributed by atoms with Gasteiger partial charge in [0.1, 0.15) is 11.7 Å². The SMILES string of the molecule is Cl.Cl.O=C(Nc1ccc(C2=NCCN2)cc1)c1ccc(C(=O)Nc2ccc(C3=NCCN3)cc2)cc1. The van der Waals surface area contributed by atoms with Gasteiger partial charge in [-0.25, -0.2) is 0 Å². The molecule has 0 saturated heterocycles. The fourth-order valence-corrected chi connectivity index (χ4v) is 3.78. The van der Waals surface area contributed by atoms with Gasteiger partial charge < -0.3 is 21.3 Å². The second-order valence-corrected chi connectivity index (χ2v) is 7.95. The van der Waals surface area contributed by atoms with E-state index in [9.17, 15) is 9.59 Å². The third kappa shape index (κ3) is 6.21. The minimum absolute atomic E-state index is 0. The van der Waals surface area contributed by atoms with Crippen molar-refractivity contribution in [1.82, 2.24) is 10.6 Å². The van der Waals surface area contributed by atoms with Crippen molar-refractivity contribution in [2.75, 3.05) is 36.8 Å². The van der Waals surface area contributed by atoms with Crippen LogP contribution >= 0.6 is 24.8 Å². The van der Waals surface area contributed by atoms with Gasteiger partial charge >= 0.3 is 0 Å². The van der Waals surface area contributed by atoms with E-state index >= 15 is 0 Å². The fraction of sp³-hybridized carbons (Fsp3) is 0.154. The average Bonchev–Trinajstić information content (AvgIpc) is 3.60. The molecule has 0 unspecified atom stereocenters. The third-order valence-corrected chi connectivity index (χ3v) is 5.59. The van der Waals surface area contributed by atoms with Gasteiger partial charge in [0.15, 0.2) is 0 Å². The molecule has 0 radical (unpaired) electrons. The summed E-state index contributed by atoms with van der Waals surface area (Å²) in [5.74, 6) is 1.27. The van der Waals surface area contributed by atoms with Crippen molar-refractivity contribution >= 4 is 59.7 Å². The molecule has 4 N–H and O–H groups in total. The summed E-state index contributed by atoms with van der Waals surface area (Å²) in [5.41, 5.74) is 4.30. The highest BCUT2D eigenvalue weighted by atomic mass is 35.5. The Bertz CT molecular complexity index is 1170. The minimum atomic E-state index is -0.241. The summed E-state index contributed by atoms with van der Waals surface area (Å²) in [6.45, 7) is 3.26. The Morgan fingerprint density at radius 1 is 0.583 bits per heavy atom. The Balaban J connectivity index is 0.00000180. The average molecular weight is 525 g/mol. The van der Waals surface area contributed by atoms with Crippen molar-refractivity contribution in [2.24, 2.45) is 9.98 Å². The molecule has 5 rings (SSSR count). The lowest BCUT2D eigenvalue weighted by molar-refractivity contribution is 0.101. The Hall–Kier alpha value is -3.88. The normalized spacial score (nSPS) is 13.7. The van der Waals surface area contributed by atoms with Gasteiger partial charge in [0.25, 0.3) is 11.8 Å². The van der Waals surface area contributed by atoms with Crippen LogP contribution in [0.1, 0.15) is 31.8 Å². The van der Waals surface area contributed by atoms with Gasteiger partial charge in [-0.05, 0) is 72.8 Å². The Morgan fingerprint density at radius 2 is 0.944 bits per heavy atom. The number of benzene rings is 3. The molecule has 2 aliphatic heterocycles. The summed E-state index contributed by atoms with van der Waals surface area (Å²) in [4.78, 5) is 34.0. The highest BCUT2D eigenvalue weighted by molar-refractivity contribution is 6.08. The van der Waals surface area contributed by atoms with Crippen LogP contribution in [0.2, 0.25) is 0 Å². The van der Waals surface area contributed by atoms with Crippen LogP contribution in [-0.4, -0.2) is 49.7 Å². The number of nitrogens with zero attached hydrogens (tertiary/aromatic N) is 2. The Kier molecular flexibility index (Phi) is 9.05. The number of carbonyl (C=O) groups is 2. The number of hydrogen-bond donors (Lipinski definition) is 4. The van der Waals surface area contributed by atoms with Gasteiger partial charge in [0.2, 0.25) is 0 Å². The van der Waals surface area contributed by atoms with Crippen LogP contribution in [0.25, 0.3) is 0 Å². The molecule has 0 saturated carbocycles. The molecule has 36 heavy (non-hydrogen) atoms. The number of amides is 2. The summed E-state index contributed by atoms with van der Waals surface area (Å²) >= 11 is 0. The van der Waals surface area contributed by atoms with Crippen molar-refractivity contribution in [2.45, 2.75) is 0 Å².